The number of esters is 1. The zero-order chi connectivity index (χ0) is 17.1. The Kier molecular flexibility index (Phi) is 3.86. The molecular weight excluding hydrogens is 372 g/mol. The Bertz CT molecular complexity index is 711. The zero-order valence-electron chi connectivity index (χ0n) is 14.0. The minimum atomic E-state index is -0.608. The average molecular weight is 393 g/mol. The number of fused-ring (bicyclic) bond motifs is 5. The fourth-order valence-corrected chi connectivity index (χ4v) is 5.07. The second-order valence-electron chi connectivity index (χ2n) is 7.23. The summed E-state index contributed by atoms with van der Waals surface area (Å²) >= 11 is 3.65. The highest BCUT2D eigenvalue weighted by molar-refractivity contribution is 9.10. The van der Waals surface area contributed by atoms with Crippen LogP contribution < -0.4 is 0 Å². The molecule has 1 saturated heterocycles. The smallest absolute Gasteiger partial charge is 0.333 e. The van der Waals surface area contributed by atoms with Crippen molar-refractivity contribution in [2.24, 2.45) is 11.8 Å². The van der Waals surface area contributed by atoms with E-state index in [0.29, 0.717) is 5.92 Å². The number of benzene rings is 1. The molecule has 24 heavy (non-hydrogen) atoms. The molecule has 3 aliphatic rings. The average Bonchev–Trinajstić information content (AvgIpc) is 3.01. The van der Waals surface area contributed by atoms with Crippen LogP contribution in [0.3, 0.4) is 0 Å². The molecule has 0 amide bonds. The summed E-state index contributed by atoms with van der Waals surface area (Å²) in [4.78, 5) is 12.4. The van der Waals surface area contributed by atoms with Gasteiger partial charge in [-0.25, -0.2) is 4.79 Å². The first kappa shape index (κ1) is 16.3. The quantitative estimate of drug-likeness (QED) is 0.717. The van der Waals surface area contributed by atoms with Crippen molar-refractivity contribution >= 4 is 21.9 Å². The maximum absolute atomic E-state index is 12.4. The molecule has 0 unspecified atom stereocenters. The molecule has 2 fully saturated rings. The molecule has 0 spiro atoms. The number of allylic oxidation sites excluding steroid dienone is 1. The first-order chi connectivity index (χ1) is 11.4. The van der Waals surface area contributed by atoms with Gasteiger partial charge in [-0.15, -0.1) is 0 Å². The van der Waals surface area contributed by atoms with Crippen LogP contribution in [0.2, 0.25) is 0 Å². The Labute approximate surface area is 150 Å². The number of ether oxygens (including phenoxy) is 3. The SMILES string of the molecule is COC(=O)C1=C[C@H](c2ccccc2Br)[C@H]2C[C@@H]1[C@@H]1OC(C)(C)O[C@H]21. The first-order valence-electron chi connectivity index (χ1n) is 8.31. The van der Waals surface area contributed by atoms with E-state index in [9.17, 15) is 4.79 Å². The number of methoxy groups -OCH3 is 1. The molecule has 2 bridgehead atoms. The van der Waals surface area contributed by atoms with Crippen molar-refractivity contribution < 1.29 is 19.0 Å². The summed E-state index contributed by atoms with van der Waals surface area (Å²) < 4.78 is 18.5. The van der Waals surface area contributed by atoms with E-state index >= 15 is 0 Å². The lowest BCUT2D eigenvalue weighted by molar-refractivity contribution is -0.162. The molecule has 2 aliphatic carbocycles. The molecule has 1 aliphatic heterocycles. The minimum absolute atomic E-state index is 0.000474. The molecule has 4 rings (SSSR count). The van der Waals surface area contributed by atoms with Gasteiger partial charge in [0.05, 0.1) is 19.3 Å². The Hall–Kier alpha value is -1.17. The second kappa shape index (κ2) is 5.68. The van der Waals surface area contributed by atoms with Crippen LogP contribution in [0.5, 0.6) is 0 Å². The summed E-state index contributed by atoms with van der Waals surface area (Å²) in [6, 6.07) is 8.17. The van der Waals surface area contributed by atoms with E-state index in [1.54, 1.807) is 0 Å². The van der Waals surface area contributed by atoms with Crippen molar-refractivity contribution in [2.75, 3.05) is 7.11 Å². The fraction of sp³-hybridized carbons (Fsp3) is 0.526. The molecule has 1 aromatic rings. The lowest BCUT2D eigenvalue weighted by atomic mass is 9.77. The number of carbonyl (C=O) groups excluding carboxylic acids is 1. The van der Waals surface area contributed by atoms with E-state index in [1.807, 2.05) is 32.0 Å². The molecule has 0 N–H and O–H groups in total. The Balaban J connectivity index is 1.80. The second-order valence-corrected chi connectivity index (χ2v) is 8.09. The van der Waals surface area contributed by atoms with E-state index in [1.165, 1.54) is 12.7 Å². The molecule has 5 heteroatoms. The van der Waals surface area contributed by atoms with Gasteiger partial charge >= 0.3 is 5.97 Å². The predicted molar refractivity (Wildman–Crippen MR) is 92.4 cm³/mol. The van der Waals surface area contributed by atoms with Gasteiger partial charge in [0.15, 0.2) is 5.79 Å². The monoisotopic (exact) mass is 392 g/mol. The third kappa shape index (κ3) is 2.45. The van der Waals surface area contributed by atoms with Crippen LogP contribution in [-0.2, 0) is 19.0 Å². The van der Waals surface area contributed by atoms with Gasteiger partial charge in [-0.3, -0.25) is 0 Å². The van der Waals surface area contributed by atoms with Crippen LogP contribution in [0.25, 0.3) is 0 Å². The maximum atomic E-state index is 12.4. The van der Waals surface area contributed by atoms with Gasteiger partial charge in [-0.05, 0) is 37.8 Å². The van der Waals surface area contributed by atoms with Crippen LogP contribution in [0.15, 0.2) is 40.4 Å². The Morgan fingerprint density at radius 3 is 2.67 bits per heavy atom. The number of hydrogen-bond acceptors (Lipinski definition) is 4. The maximum Gasteiger partial charge on any atom is 0.333 e. The van der Waals surface area contributed by atoms with Crippen molar-refractivity contribution in [2.45, 2.75) is 44.2 Å². The molecule has 128 valence electrons. The van der Waals surface area contributed by atoms with E-state index < -0.39 is 5.79 Å². The van der Waals surface area contributed by atoms with Gasteiger partial charge in [0, 0.05) is 21.9 Å². The largest absolute Gasteiger partial charge is 0.466 e. The highest BCUT2D eigenvalue weighted by Gasteiger charge is 2.59. The van der Waals surface area contributed by atoms with Crippen LogP contribution in [0, 0.1) is 11.8 Å². The summed E-state index contributed by atoms with van der Waals surface area (Å²) in [5.74, 6) is -0.409. The van der Waals surface area contributed by atoms with Gasteiger partial charge in [-0.2, -0.15) is 0 Å². The van der Waals surface area contributed by atoms with Crippen molar-refractivity contribution in [3.05, 3.63) is 46.0 Å². The molecular formula is C19H21BrO4. The lowest BCUT2D eigenvalue weighted by Crippen LogP contribution is -2.30. The summed E-state index contributed by atoms with van der Waals surface area (Å²) in [5, 5.41) is 0. The van der Waals surface area contributed by atoms with Gasteiger partial charge in [0.2, 0.25) is 0 Å². The third-order valence-electron chi connectivity index (χ3n) is 5.41. The summed E-state index contributed by atoms with van der Waals surface area (Å²) in [7, 11) is 1.44. The minimum Gasteiger partial charge on any atom is -0.466 e. The van der Waals surface area contributed by atoms with E-state index in [4.69, 9.17) is 14.2 Å². The lowest BCUT2D eigenvalue weighted by Gasteiger charge is -2.32. The normalized spacial score (nSPS) is 36.2. The van der Waals surface area contributed by atoms with Crippen LogP contribution in [-0.4, -0.2) is 31.1 Å². The highest BCUT2D eigenvalue weighted by atomic mass is 79.9. The van der Waals surface area contributed by atoms with Crippen molar-refractivity contribution in [1.29, 1.82) is 0 Å². The molecule has 5 atom stereocenters. The Morgan fingerprint density at radius 2 is 1.96 bits per heavy atom. The van der Waals surface area contributed by atoms with E-state index in [2.05, 4.69) is 28.1 Å². The molecule has 0 aromatic heterocycles. The van der Waals surface area contributed by atoms with Gasteiger partial charge < -0.3 is 14.2 Å². The van der Waals surface area contributed by atoms with Crippen LogP contribution in [0.1, 0.15) is 31.7 Å². The molecule has 1 saturated carbocycles. The van der Waals surface area contributed by atoms with E-state index in [0.717, 1.165) is 16.5 Å². The predicted octanol–water partition coefficient (Wildman–Crippen LogP) is 3.80. The number of carbonyl (C=O) groups is 1. The number of hydrogen-bond donors (Lipinski definition) is 0. The number of rotatable bonds is 2. The first-order valence-corrected chi connectivity index (χ1v) is 9.10. The van der Waals surface area contributed by atoms with Crippen LogP contribution >= 0.6 is 15.9 Å². The summed E-state index contributed by atoms with van der Waals surface area (Å²) in [6.07, 6.45) is 2.88. The highest BCUT2D eigenvalue weighted by Crippen LogP contribution is 2.56. The fourth-order valence-electron chi connectivity index (χ4n) is 4.52. The summed E-state index contributed by atoms with van der Waals surface area (Å²) in [6.45, 7) is 3.88. The molecule has 1 aromatic carbocycles. The van der Waals surface area contributed by atoms with Crippen LogP contribution in [0.4, 0.5) is 0 Å². The molecule has 4 nitrogen and oxygen atoms in total. The third-order valence-corrected chi connectivity index (χ3v) is 6.14. The summed E-state index contributed by atoms with van der Waals surface area (Å²) in [5.41, 5.74) is 1.90. The van der Waals surface area contributed by atoms with Gasteiger partial charge in [0.1, 0.15) is 0 Å². The van der Waals surface area contributed by atoms with Gasteiger partial charge in [0.25, 0.3) is 0 Å². The Morgan fingerprint density at radius 1 is 1.25 bits per heavy atom. The topological polar surface area (TPSA) is 44.8 Å². The standard InChI is InChI=1S/C19H21BrO4/c1-19(2)23-16-12-9-13(17(16)24-19)14(18(21)22-3)8-11(12)10-6-4-5-7-15(10)20/h4-8,11-13,16-17H,9H2,1-3H3/t11-,12-,13+,16-,17+/m1/s1. The van der Waals surface area contributed by atoms with Crippen molar-refractivity contribution in [3.8, 4) is 0 Å². The van der Waals surface area contributed by atoms with Gasteiger partial charge in [-0.1, -0.05) is 40.2 Å². The molecule has 0 radical (unpaired) electrons. The van der Waals surface area contributed by atoms with Crippen molar-refractivity contribution in [3.63, 3.8) is 0 Å². The van der Waals surface area contributed by atoms with E-state index in [-0.39, 0.29) is 30.0 Å². The molecule has 1 heterocycles. The number of halogens is 1. The zero-order valence-corrected chi connectivity index (χ0v) is 15.6. The van der Waals surface area contributed by atoms with Crippen molar-refractivity contribution in [1.82, 2.24) is 0 Å².